The molecule has 1 aromatic rings. The molecule has 1 heterocycles. The lowest BCUT2D eigenvalue weighted by Crippen LogP contribution is -2.33. The highest BCUT2D eigenvalue weighted by atomic mass is 16.6. The molecule has 2 aliphatic rings. The number of non-ortho nitro benzene ring substituents is 1. The zero-order valence-corrected chi connectivity index (χ0v) is 16.7. The summed E-state index contributed by atoms with van der Waals surface area (Å²) >= 11 is 0. The minimum atomic E-state index is -0.310. The largest absolute Gasteiger partial charge is 0.352 e. The molecule has 5 nitrogen and oxygen atoms in total. The van der Waals surface area contributed by atoms with Crippen molar-refractivity contribution in [1.82, 2.24) is 10.2 Å². The van der Waals surface area contributed by atoms with Crippen LogP contribution in [0.1, 0.15) is 63.9 Å². The molecule has 1 fully saturated rings. The van der Waals surface area contributed by atoms with E-state index < -0.39 is 0 Å². The second kappa shape index (κ2) is 8.70. The first kappa shape index (κ1) is 19.6. The highest BCUT2D eigenvalue weighted by Crippen LogP contribution is 2.38. The van der Waals surface area contributed by atoms with Crippen molar-refractivity contribution in [1.29, 1.82) is 0 Å². The van der Waals surface area contributed by atoms with Gasteiger partial charge in [-0.25, -0.2) is 0 Å². The second-order valence-corrected chi connectivity index (χ2v) is 7.85. The maximum absolute atomic E-state index is 11.2. The third-order valence-corrected chi connectivity index (χ3v) is 6.15. The fourth-order valence-electron chi connectivity index (χ4n) is 4.34. The highest BCUT2D eigenvalue weighted by Gasteiger charge is 2.25. The Bertz CT molecular complexity index is 748. The number of nitrogens with zero attached hydrogens (tertiary/aromatic N) is 2. The molecule has 146 valence electrons. The van der Waals surface area contributed by atoms with Gasteiger partial charge in [0.05, 0.1) is 4.92 Å². The summed E-state index contributed by atoms with van der Waals surface area (Å²) in [6.07, 6.45) is 9.80. The lowest BCUT2D eigenvalue weighted by molar-refractivity contribution is -0.384. The Morgan fingerprint density at radius 3 is 2.67 bits per heavy atom. The van der Waals surface area contributed by atoms with Crippen molar-refractivity contribution in [3.8, 4) is 0 Å². The maximum Gasteiger partial charge on any atom is 0.269 e. The number of nitrogens with one attached hydrogen (secondary N) is 1. The lowest BCUT2D eigenvalue weighted by Gasteiger charge is -2.34. The quantitative estimate of drug-likeness (QED) is 0.559. The van der Waals surface area contributed by atoms with Crippen LogP contribution in [0.2, 0.25) is 0 Å². The fraction of sp³-hybridized carbons (Fsp3) is 0.545. The summed E-state index contributed by atoms with van der Waals surface area (Å²) in [7, 11) is 2.10. The highest BCUT2D eigenvalue weighted by molar-refractivity contribution is 5.45. The van der Waals surface area contributed by atoms with Crippen LogP contribution in [0.4, 0.5) is 5.69 Å². The number of nitro benzene ring substituents is 1. The molecule has 0 amide bonds. The van der Waals surface area contributed by atoms with Gasteiger partial charge in [0.1, 0.15) is 0 Å². The van der Waals surface area contributed by atoms with Crippen molar-refractivity contribution in [2.24, 2.45) is 0 Å². The number of allylic oxidation sites excluding steroid dienone is 3. The van der Waals surface area contributed by atoms with E-state index in [4.69, 9.17) is 0 Å². The summed E-state index contributed by atoms with van der Waals surface area (Å²) in [5, 5.41) is 14.9. The van der Waals surface area contributed by atoms with Crippen LogP contribution in [-0.2, 0) is 0 Å². The van der Waals surface area contributed by atoms with Gasteiger partial charge < -0.3 is 10.2 Å². The van der Waals surface area contributed by atoms with Gasteiger partial charge in [0.25, 0.3) is 5.69 Å². The molecule has 1 N–H and O–H groups in total. The average molecular weight is 370 g/mol. The van der Waals surface area contributed by atoms with Crippen molar-refractivity contribution in [3.05, 3.63) is 63.0 Å². The van der Waals surface area contributed by atoms with Crippen molar-refractivity contribution in [2.75, 3.05) is 13.6 Å². The zero-order chi connectivity index (χ0) is 19.4. The normalized spacial score (nSPS) is 21.4. The number of rotatable bonds is 6. The summed E-state index contributed by atoms with van der Waals surface area (Å²) in [5.74, 6) is 0.106. The minimum absolute atomic E-state index is 0.106. The van der Waals surface area contributed by atoms with Crippen molar-refractivity contribution >= 4 is 5.69 Å². The van der Waals surface area contributed by atoms with E-state index in [0.717, 1.165) is 18.5 Å². The molecule has 1 aliphatic heterocycles. The summed E-state index contributed by atoms with van der Waals surface area (Å²) in [6, 6.07) is 7.74. The van der Waals surface area contributed by atoms with Gasteiger partial charge in [0.2, 0.25) is 0 Å². The number of hydrogen-bond acceptors (Lipinski definition) is 4. The predicted octanol–water partition coefficient (Wildman–Crippen LogP) is 5.11. The Hall–Kier alpha value is -2.14. The van der Waals surface area contributed by atoms with Crippen molar-refractivity contribution in [3.63, 3.8) is 0 Å². The Morgan fingerprint density at radius 2 is 1.96 bits per heavy atom. The van der Waals surface area contributed by atoms with Gasteiger partial charge in [-0.3, -0.25) is 10.1 Å². The first-order valence-corrected chi connectivity index (χ1v) is 10.1. The molecule has 0 aromatic heterocycles. The van der Waals surface area contributed by atoms with E-state index in [1.54, 1.807) is 18.2 Å². The van der Waals surface area contributed by atoms with Gasteiger partial charge in [-0.1, -0.05) is 37.5 Å². The van der Waals surface area contributed by atoms with E-state index in [-0.39, 0.29) is 16.5 Å². The van der Waals surface area contributed by atoms with E-state index in [1.165, 1.54) is 49.1 Å². The fourth-order valence-corrected chi connectivity index (χ4v) is 4.34. The molecular formula is C22H31N3O2. The van der Waals surface area contributed by atoms with Crippen LogP contribution >= 0.6 is 0 Å². The topological polar surface area (TPSA) is 58.4 Å². The molecule has 1 atom stereocenters. The van der Waals surface area contributed by atoms with Crippen LogP contribution < -0.4 is 5.32 Å². The summed E-state index contributed by atoms with van der Waals surface area (Å²) in [4.78, 5) is 13.1. The standard InChI is InChI=1S/C22H31N3O2/c1-16-14-22(18-8-7-11-20(15-18)25(26)27)21(17(2)24(16)3)12-13-23-19-9-5-4-6-10-19/h7-8,11,14-15,19,22-23H,4-6,9-10,12-13H2,1-3H3. The molecule has 1 unspecified atom stereocenters. The number of nitro groups is 1. The molecule has 1 saturated carbocycles. The lowest BCUT2D eigenvalue weighted by atomic mass is 9.84. The molecule has 3 rings (SSSR count). The molecule has 27 heavy (non-hydrogen) atoms. The molecular weight excluding hydrogens is 338 g/mol. The molecule has 1 aromatic carbocycles. The Labute approximate surface area is 162 Å². The van der Waals surface area contributed by atoms with Crippen LogP contribution in [0.3, 0.4) is 0 Å². The first-order valence-electron chi connectivity index (χ1n) is 10.1. The molecule has 1 aliphatic carbocycles. The van der Waals surface area contributed by atoms with Crippen LogP contribution in [0.25, 0.3) is 0 Å². The third kappa shape index (κ3) is 4.59. The van der Waals surface area contributed by atoms with Gasteiger partial charge in [-0.15, -0.1) is 0 Å². The Morgan fingerprint density at radius 1 is 1.22 bits per heavy atom. The molecule has 0 saturated heterocycles. The second-order valence-electron chi connectivity index (χ2n) is 7.85. The van der Waals surface area contributed by atoms with Crippen molar-refractivity contribution in [2.45, 2.75) is 64.3 Å². The monoisotopic (exact) mass is 369 g/mol. The number of hydrogen-bond donors (Lipinski definition) is 1. The van der Waals surface area contributed by atoms with Crippen LogP contribution in [0, 0.1) is 10.1 Å². The minimum Gasteiger partial charge on any atom is -0.352 e. The maximum atomic E-state index is 11.2. The summed E-state index contributed by atoms with van der Waals surface area (Å²) in [6.45, 7) is 5.23. The number of benzene rings is 1. The van der Waals surface area contributed by atoms with Gasteiger partial charge in [-0.2, -0.15) is 0 Å². The predicted molar refractivity (Wildman–Crippen MR) is 110 cm³/mol. The van der Waals surface area contributed by atoms with Crippen molar-refractivity contribution < 1.29 is 4.92 Å². The van der Waals surface area contributed by atoms with Crippen LogP contribution in [0.15, 0.2) is 47.3 Å². The summed E-state index contributed by atoms with van der Waals surface area (Å²) in [5.41, 5.74) is 4.97. The van der Waals surface area contributed by atoms with Gasteiger partial charge >= 0.3 is 0 Å². The van der Waals surface area contributed by atoms with Crippen LogP contribution in [0.5, 0.6) is 0 Å². The smallest absolute Gasteiger partial charge is 0.269 e. The Balaban J connectivity index is 1.79. The van der Waals surface area contributed by atoms with E-state index in [2.05, 4.69) is 37.2 Å². The van der Waals surface area contributed by atoms with Crippen LogP contribution in [-0.4, -0.2) is 29.5 Å². The summed E-state index contributed by atoms with van der Waals surface area (Å²) < 4.78 is 0. The van der Waals surface area contributed by atoms with Gasteiger partial charge in [0.15, 0.2) is 0 Å². The Kier molecular flexibility index (Phi) is 6.32. The zero-order valence-electron chi connectivity index (χ0n) is 16.7. The van der Waals surface area contributed by atoms with E-state index in [9.17, 15) is 10.1 Å². The van der Waals surface area contributed by atoms with E-state index in [1.807, 2.05) is 6.07 Å². The SMILES string of the molecule is CC1=CC(c2cccc([N+](=O)[O-])c2)C(CCNC2CCCCC2)=C(C)N1C. The average Bonchev–Trinajstić information content (AvgIpc) is 2.68. The van der Waals surface area contributed by atoms with Gasteiger partial charge in [0, 0.05) is 42.5 Å². The molecule has 5 heteroatoms. The molecule has 0 spiro atoms. The van der Waals surface area contributed by atoms with Gasteiger partial charge in [-0.05, 0) is 50.8 Å². The molecule has 0 bridgehead atoms. The van der Waals surface area contributed by atoms with E-state index >= 15 is 0 Å². The molecule has 0 radical (unpaired) electrons. The third-order valence-electron chi connectivity index (χ3n) is 6.15. The first-order chi connectivity index (χ1) is 13.0. The van der Waals surface area contributed by atoms with E-state index in [0.29, 0.717) is 6.04 Å².